The fraction of sp³-hybridized carbons (Fsp3) is 0.333. The van der Waals surface area contributed by atoms with E-state index in [1.165, 1.54) is 12.7 Å². The largest absolute Gasteiger partial charge is 0.469 e. The van der Waals surface area contributed by atoms with Crippen molar-refractivity contribution in [3.8, 4) is 0 Å². The number of aromatic nitrogens is 1. The van der Waals surface area contributed by atoms with Crippen molar-refractivity contribution in [3.63, 3.8) is 0 Å². The van der Waals surface area contributed by atoms with E-state index < -0.39 is 0 Å². The number of esters is 1. The highest BCUT2D eigenvalue weighted by molar-refractivity contribution is 5.72. The van der Waals surface area contributed by atoms with Crippen molar-refractivity contribution in [2.75, 3.05) is 19.0 Å². The van der Waals surface area contributed by atoms with Gasteiger partial charge in [0.1, 0.15) is 5.82 Å². The molecule has 0 spiro atoms. The molecule has 0 radical (unpaired) electrons. The van der Waals surface area contributed by atoms with Crippen molar-refractivity contribution in [2.45, 2.75) is 12.8 Å². The molecule has 0 aromatic carbocycles. The fourth-order valence-electron chi connectivity index (χ4n) is 1.66. The van der Waals surface area contributed by atoms with E-state index in [2.05, 4.69) is 21.1 Å². The summed E-state index contributed by atoms with van der Waals surface area (Å²) in [5, 5.41) is 3.20. The number of methoxy groups -OCH3 is 1. The van der Waals surface area contributed by atoms with E-state index in [9.17, 15) is 4.79 Å². The van der Waals surface area contributed by atoms with Crippen molar-refractivity contribution in [3.05, 3.63) is 29.5 Å². The molecule has 0 saturated carbocycles. The van der Waals surface area contributed by atoms with Crippen LogP contribution in [0.25, 0.3) is 6.08 Å². The fourth-order valence-corrected chi connectivity index (χ4v) is 1.66. The van der Waals surface area contributed by atoms with Gasteiger partial charge in [-0.2, -0.15) is 0 Å². The summed E-state index contributed by atoms with van der Waals surface area (Å²) < 4.78 is 4.55. The van der Waals surface area contributed by atoms with Gasteiger partial charge in [0.05, 0.1) is 13.5 Å². The molecule has 0 saturated heterocycles. The van der Waals surface area contributed by atoms with Gasteiger partial charge in [0.15, 0.2) is 0 Å². The van der Waals surface area contributed by atoms with Gasteiger partial charge >= 0.3 is 5.97 Å². The maximum atomic E-state index is 10.9. The van der Waals surface area contributed by atoms with Crippen molar-refractivity contribution >= 4 is 17.9 Å². The molecule has 0 atom stereocenters. The Labute approximate surface area is 94.3 Å². The number of anilines is 1. The molecule has 0 fully saturated rings. The van der Waals surface area contributed by atoms with Crippen LogP contribution in [-0.4, -0.2) is 24.6 Å². The molecule has 0 bridgehead atoms. The number of nitrogens with one attached hydrogen (secondary N) is 1. The number of nitrogens with zero attached hydrogens (tertiary/aromatic N) is 1. The minimum Gasteiger partial charge on any atom is -0.469 e. The van der Waals surface area contributed by atoms with Crippen LogP contribution in [0, 0.1) is 0 Å². The molecule has 4 heteroatoms. The number of pyridine rings is 1. The first-order chi connectivity index (χ1) is 7.79. The van der Waals surface area contributed by atoms with Gasteiger partial charge < -0.3 is 10.1 Å². The Morgan fingerprint density at radius 2 is 2.56 bits per heavy atom. The maximum Gasteiger partial charge on any atom is 0.309 e. The quantitative estimate of drug-likeness (QED) is 0.783. The standard InChI is InChI=1S/C12H14N2O2/c1-16-11(15)4-2-3-9-7-10-5-6-13-12(10)14-8-9/h2-3,7-8H,4-6H2,1H3,(H,13,14). The first kappa shape index (κ1) is 10.7. The molecule has 1 aliphatic rings. The van der Waals surface area contributed by atoms with E-state index in [4.69, 9.17) is 0 Å². The molecule has 1 aromatic heterocycles. The van der Waals surface area contributed by atoms with Crippen LogP contribution >= 0.6 is 0 Å². The number of fused-ring (bicyclic) bond motifs is 1. The van der Waals surface area contributed by atoms with Crippen LogP contribution < -0.4 is 5.32 Å². The van der Waals surface area contributed by atoms with Gasteiger partial charge in [0.2, 0.25) is 0 Å². The first-order valence-electron chi connectivity index (χ1n) is 5.26. The third-order valence-corrected chi connectivity index (χ3v) is 2.50. The Kier molecular flexibility index (Phi) is 3.19. The summed E-state index contributed by atoms with van der Waals surface area (Å²) >= 11 is 0. The molecular formula is C12H14N2O2. The summed E-state index contributed by atoms with van der Waals surface area (Å²) in [4.78, 5) is 15.2. The summed E-state index contributed by atoms with van der Waals surface area (Å²) in [5.41, 5.74) is 2.26. The van der Waals surface area contributed by atoms with Crippen LogP contribution in [0.4, 0.5) is 5.82 Å². The lowest BCUT2D eigenvalue weighted by Crippen LogP contribution is -1.96. The van der Waals surface area contributed by atoms with Crippen LogP contribution in [0.5, 0.6) is 0 Å². The van der Waals surface area contributed by atoms with E-state index >= 15 is 0 Å². The Morgan fingerprint density at radius 1 is 1.69 bits per heavy atom. The zero-order valence-electron chi connectivity index (χ0n) is 9.19. The van der Waals surface area contributed by atoms with Crippen LogP contribution in [-0.2, 0) is 16.0 Å². The lowest BCUT2D eigenvalue weighted by Gasteiger charge is -1.99. The van der Waals surface area contributed by atoms with Crippen LogP contribution in [0.3, 0.4) is 0 Å². The average Bonchev–Trinajstić information content (AvgIpc) is 2.76. The monoisotopic (exact) mass is 218 g/mol. The highest BCUT2D eigenvalue weighted by Gasteiger charge is 2.10. The van der Waals surface area contributed by atoms with Gasteiger partial charge in [-0.05, 0) is 23.6 Å². The van der Waals surface area contributed by atoms with Crippen LogP contribution in [0.15, 0.2) is 18.3 Å². The van der Waals surface area contributed by atoms with E-state index in [1.807, 2.05) is 6.08 Å². The van der Waals surface area contributed by atoms with E-state index in [1.54, 1.807) is 12.3 Å². The highest BCUT2D eigenvalue weighted by atomic mass is 16.5. The topological polar surface area (TPSA) is 51.2 Å². The molecule has 0 aliphatic carbocycles. The second-order valence-electron chi connectivity index (χ2n) is 3.64. The van der Waals surface area contributed by atoms with Gasteiger partial charge in [-0.3, -0.25) is 4.79 Å². The molecule has 84 valence electrons. The lowest BCUT2D eigenvalue weighted by molar-refractivity contribution is -0.139. The van der Waals surface area contributed by atoms with Crippen molar-refractivity contribution in [2.24, 2.45) is 0 Å². The number of hydrogen-bond acceptors (Lipinski definition) is 4. The second kappa shape index (κ2) is 4.79. The molecule has 0 amide bonds. The minimum absolute atomic E-state index is 0.230. The average molecular weight is 218 g/mol. The summed E-state index contributed by atoms with van der Waals surface area (Å²) in [6.07, 6.45) is 6.79. The van der Waals surface area contributed by atoms with Crippen molar-refractivity contribution in [1.29, 1.82) is 0 Å². The molecule has 1 aliphatic heterocycles. The number of rotatable bonds is 3. The third kappa shape index (κ3) is 2.39. The first-order valence-corrected chi connectivity index (χ1v) is 5.26. The summed E-state index contributed by atoms with van der Waals surface area (Å²) in [6, 6.07) is 2.09. The van der Waals surface area contributed by atoms with Crippen LogP contribution in [0.1, 0.15) is 17.5 Å². The Balaban J connectivity index is 2.02. The number of hydrogen-bond donors (Lipinski definition) is 1. The molecule has 4 nitrogen and oxygen atoms in total. The van der Waals surface area contributed by atoms with Crippen LogP contribution in [0.2, 0.25) is 0 Å². The summed E-state index contributed by atoms with van der Waals surface area (Å²) in [5.74, 6) is 0.747. The predicted molar refractivity (Wildman–Crippen MR) is 62.1 cm³/mol. The summed E-state index contributed by atoms with van der Waals surface area (Å²) in [6.45, 7) is 0.956. The molecule has 2 heterocycles. The van der Waals surface area contributed by atoms with Gasteiger partial charge in [-0.15, -0.1) is 0 Å². The van der Waals surface area contributed by atoms with Gasteiger partial charge in [0.25, 0.3) is 0 Å². The van der Waals surface area contributed by atoms with E-state index in [0.29, 0.717) is 6.42 Å². The normalized spacial score (nSPS) is 13.6. The zero-order chi connectivity index (χ0) is 11.4. The molecule has 16 heavy (non-hydrogen) atoms. The highest BCUT2D eigenvalue weighted by Crippen LogP contribution is 2.20. The smallest absolute Gasteiger partial charge is 0.309 e. The maximum absolute atomic E-state index is 10.9. The van der Waals surface area contributed by atoms with Gasteiger partial charge in [-0.1, -0.05) is 12.2 Å². The predicted octanol–water partition coefficient (Wildman–Crippen LogP) is 1.63. The van der Waals surface area contributed by atoms with Gasteiger partial charge in [0, 0.05) is 12.7 Å². The number of carbonyl (C=O) groups is 1. The minimum atomic E-state index is -0.230. The molecule has 0 unspecified atom stereocenters. The Hall–Kier alpha value is -1.84. The third-order valence-electron chi connectivity index (χ3n) is 2.50. The van der Waals surface area contributed by atoms with Gasteiger partial charge in [-0.25, -0.2) is 4.98 Å². The number of ether oxygens (including phenoxy) is 1. The molecule has 1 aromatic rings. The summed E-state index contributed by atoms with van der Waals surface area (Å²) in [7, 11) is 1.39. The Bertz CT molecular complexity index is 427. The lowest BCUT2D eigenvalue weighted by atomic mass is 10.1. The molecule has 1 N–H and O–H groups in total. The van der Waals surface area contributed by atoms with E-state index in [0.717, 1.165) is 24.3 Å². The second-order valence-corrected chi connectivity index (χ2v) is 3.64. The molecule has 2 rings (SSSR count). The molecular weight excluding hydrogens is 204 g/mol. The Morgan fingerprint density at radius 3 is 3.38 bits per heavy atom. The SMILES string of the molecule is COC(=O)CC=Cc1cnc2c(c1)CCN2. The van der Waals surface area contributed by atoms with E-state index in [-0.39, 0.29) is 5.97 Å². The zero-order valence-corrected chi connectivity index (χ0v) is 9.19. The van der Waals surface area contributed by atoms with Crippen molar-refractivity contribution in [1.82, 2.24) is 4.98 Å². The van der Waals surface area contributed by atoms with Crippen molar-refractivity contribution < 1.29 is 9.53 Å². The number of carbonyl (C=O) groups excluding carboxylic acids is 1.